The lowest BCUT2D eigenvalue weighted by Crippen LogP contribution is -2.25. The number of hydrogen-bond acceptors (Lipinski definition) is 2. The number of fused-ring (bicyclic) bond motifs is 1. The van der Waals surface area contributed by atoms with Gasteiger partial charge in [0.2, 0.25) is 5.91 Å². The number of methoxy groups -OCH3 is 1. The molecule has 0 aromatic heterocycles. The smallest absolute Gasteiger partial charge is 0.224 e. The highest BCUT2D eigenvalue weighted by Gasteiger charge is 2.13. The molecule has 3 aromatic rings. The number of rotatable bonds is 5. The van der Waals surface area contributed by atoms with Gasteiger partial charge >= 0.3 is 0 Å². The summed E-state index contributed by atoms with van der Waals surface area (Å²) < 4.78 is 19.2. The number of nitrogens with one attached hydrogen (secondary N) is 1. The molecule has 0 fully saturated rings. The van der Waals surface area contributed by atoms with E-state index in [1.54, 1.807) is 13.2 Å². The van der Waals surface area contributed by atoms with E-state index in [9.17, 15) is 9.18 Å². The molecule has 0 heterocycles. The van der Waals surface area contributed by atoms with E-state index in [4.69, 9.17) is 16.3 Å². The fraction of sp³-hybridized carbons (Fsp3) is 0.150. The predicted molar refractivity (Wildman–Crippen MR) is 97.5 cm³/mol. The van der Waals surface area contributed by atoms with Gasteiger partial charge in [0.1, 0.15) is 11.6 Å². The zero-order chi connectivity index (χ0) is 17.8. The number of carbonyl (C=O) groups excluding carboxylic acids is 1. The van der Waals surface area contributed by atoms with Crippen LogP contribution >= 0.6 is 11.6 Å². The molecule has 0 unspecified atom stereocenters. The van der Waals surface area contributed by atoms with Crippen LogP contribution in [0.15, 0.2) is 54.6 Å². The van der Waals surface area contributed by atoms with Gasteiger partial charge in [0.15, 0.2) is 0 Å². The fourth-order valence-corrected chi connectivity index (χ4v) is 3.03. The Labute approximate surface area is 150 Å². The van der Waals surface area contributed by atoms with Crippen LogP contribution in [0.5, 0.6) is 5.75 Å². The molecule has 0 aliphatic rings. The summed E-state index contributed by atoms with van der Waals surface area (Å²) in [5.74, 6) is -0.0877. The Morgan fingerprint density at radius 1 is 1.08 bits per heavy atom. The number of halogens is 2. The van der Waals surface area contributed by atoms with E-state index < -0.39 is 5.82 Å². The third-order valence-corrected chi connectivity index (χ3v) is 4.43. The van der Waals surface area contributed by atoms with Crippen LogP contribution < -0.4 is 10.1 Å². The van der Waals surface area contributed by atoms with Gasteiger partial charge in [-0.1, -0.05) is 48.0 Å². The van der Waals surface area contributed by atoms with Crippen LogP contribution in [-0.4, -0.2) is 13.0 Å². The monoisotopic (exact) mass is 357 g/mol. The molecule has 0 saturated heterocycles. The highest BCUT2D eigenvalue weighted by molar-refractivity contribution is 6.31. The maximum absolute atomic E-state index is 13.8. The average Bonchev–Trinajstić information content (AvgIpc) is 2.62. The van der Waals surface area contributed by atoms with Crippen molar-refractivity contribution in [3.05, 3.63) is 76.6 Å². The largest absolute Gasteiger partial charge is 0.496 e. The summed E-state index contributed by atoms with van der Waals surface area (Å²) in [6.07, 6.45) is -0.113. The quantitative estimate of drug-likeness (QED) is 0.730. The number of ether oxygens (including phenoxy) is 1. The van der Waals surface area contributed by atoms with Crippen LogP contribution in [0.1, 0.15) is 11.1 Å². The summed E-state index contributed by atoms with van der Waals surface area (Å²) in [7, 11) is 1.59. The Hall–Kier alpha value is -2.59. The van der Waals surface area contributed by atoms with Crippen LogP contribution in [0.2, 0.25) is 5.02 Å². The van der Waals surface area contributed by atoms with Crippen LogP contribution in [0.25, 0.3) is 10.8 Å². The first kappa shape index (κ1) is 17.2. The molecule has 0 spiro atoms. The zero-order valence-electron chi connectivity index (χ0n) is 13.7. The zero-order valence-corrected chi connectivity index (χ0v) is 14.4. The SMILES string of the molecule is COc1ccc2ccccc2c1CNC(=O)Cc1c(F)cccc1Cl. The van der Waals surface area contributed by atoms with Crippen LogP contribution in [-0.2, 0) is 17.8 Å². The molecule has 0 bridgehead atoms. The Kier molecular flexibility index (Phi) is 5.19. The van der Waals surface area contributed by atoms with Gasteiger partial charge in [-0.2, -0.15) is 0 Å². The van der Waals surface area contributed by atoms with Crippen molar-refractivity contribution in [2.75, 3.05) is 7.11 Å². The Balaban J connectivity index is 1.79. The molecule has 0 saturated carbocycles. The average molecular weight is 358 g/mol. The van der Waals surface area contributed by atoms with Gasteiger partial charge in [0.05, 0.1) is 13.5 Å². The van der Waals surface area contributed by atoms with Crippen molar-refractivity contribution in [1.82, 2.24) is 5.32 Å². The molecule has 3 nitrogen and oxygen atoms in total. The van der Waals surface area contributed by atoms with E-state index in [1.807, 2.05) is 36.4 Å². The third kappa shape index (κ3) is 3.74. The van der Waals surface area contributed by atoms with Crippen LogP contribution in [0.4, 0.5) is 4.39 Å². The Bertz CT molecular complexity index is 906. The van der Waals surface area contributed by atoms with Crippen molar-refractivity contribution >= 4 is 28.3 Å². The van der Waals surface area contributed by atoms with Gasteiger partial charge in [-0.25, -0.2) is 4.39 Å². The number of carbonyl (C=O) groups is 1. The normalized spacial score (nSPS) is 10.7. The molecule has 3 aromatic carbocycles. The predicted octanol–water partition coefficient (Wildman–Crippen LogP) is 4.50. The third-order valence-electron chi connectivity index (χ3n) is 4.08. The van der Waals surface area contributed by atoms with Gasteiger partial charge < -0.3 is 10.1 Å². The van der Waals surface area contributed by atoms with E-state index in [1.165, 1.54) is 12.1 Å². The second-order valence-corrected chi connectivity index (χ2v) is 6.03. The molecule has 25 heavy (non-hydrogen) atoms. The molecule has 0 radical (unpaired) electrons. The highest BCUT2D eigenvalue weighted by atomic mass is 35.5. The summed E-state index contributed by atoms with van der Waals surface area (Å²) in [6, 6.07) is 16.1. The minimum absolute atomic E-state index is 0.113. The van der Waals surface area contributed by atoms with E-state index in [-0.39, 0.29) is 29.5 Å². The molecule has 128 valence electrons. The molecule has 1 amide bonds. The summed E-state index contributed by atoms with van der Waals surface area (Å²) >= 11 is 5.98. The molecular formula is C20H17ClFNO2. The van der Waals surface area contributed by atoms with E-state index in [0.717, 1.165) is 16.3 Å². The van der Waals surface area contributed by atoms with Crippen molar-refractivity contribution in [2.45, 2.75) is 13.0 Å². The summed E-state index contributed by atoms with van der Waals surface area (Å²) in [6.45, 7) is 0.287. The molecular weight excluding hydrogens is 341 g/mol. The van der Waals surface area contributed by atoms with E-state index in [0.29, 0.717) is 5.75 Å². The van der Waals surface area contributed by atoms with Crippen molar-refractivity contribution < 1.29 is 13.9 Å². The molecule has 3 rings (SSSR count). The van der Waals surface area contributed by atoms with Gasteiger partial charge in [0, 0.05) is 22.7 Å². The maximum Gasteiger partial charge on any atom is 0.224 e. The first-order valence-electron chi connectivity index (χ1n) is 7.84. The van der Waals surface area contributed by atoms with Crippen molar-refractivity contribution in [3.63, 3.8) is 0 Å². The number of amides is 1. The van der Waals surface area contributed by atoms with Crippen molar-refractivity contribution in [2.24, 2.45) is 0 Å². The lowest BCUT2D eigenvalue weighted by Gasteiger charge is -2.13. The van der Waals surface area contributed by atoms with Gasteiger partial charge in [-0.3, -0.25) is 4.79 Å². The lowest BCUT2D eigenvalue weighted by molar-refractivity contribution is -0.120. The molecule has 5 heteroatoms. The van der Waals surface area contributed by atoms with Gasteiger partial charge in [0.25, 0.3) is 0 Å². The summed E-state index contributed by atoms with van der Waals surface area (Å²) in [4.78, 5) is 12.2. The minimum Gasteiger partial charge on any atom is -0.496 e. The fourth-order valence-electron chi connectivity index (χ4n) is 2.80. The van der Waals surface area contributed by atoms with E-state index >= 15 is 0 Å². The number of benzene rings is 3. The Morgan fingerprint density at radius 3 is 2.64 bits per heavy atom. The van der Waals surface area contributed by atoms with Crippen LogP contribution in [0, 0.1) is 5.82 Å². The molecule has 0 aliphatic carbocycles. The maximum atomic E-state index is 13.8. The topological polar surface area (TPSA) is 38.3 Å². The second-order valence-electron chi connectivity index (χ2n) is 5.62. The number of hydrogen-bond donors (Lipinski definition) is 1. The summed E-state index contributed by atoms with van der Waals surface area (Å²) in [5, 5.41) is 5.14. The second kappa shape index (κ2) is 7.53. The summed E-state index contributed by atoms with van der Waals surface area (Å²) in [5.41, 5.74) is 1.08. The molecule has 1 N–H and O–H groups in total. The van der Waals surface area contributed by atoms with Crippen LogP contribution in [0.3, 0.4) is 0 Å². The minimum atomic E-state index is -0.481. The first-order valence-corrected chi connectivity index (χ1v) is 8.22. The van der Waals surface area contributed by atoms with Crippen molar-refractivity contribution in [3.8, 4) is 5.75 Å². The van der Waals surface area contributed by atoms with Gasteiger partial charge in [-0.05, 0) is 29.0 Å². The Morgan fingerprint density at radius 2 is 1.88 bits per heavy atom. The highest BCUT2D eigenvalue weighted by Crippen LogP contribution is 2.28. The van der Waals surface area contributed by atoms with Gasteiger partial charge in [-0.15, -0.1) is 0 Å². The van der Waals surface area contributed by atoms with Crippen molar-refractivity contribution in [1.29, 1.82) is 0 Å². The molecule has 0 atom stereocenters. The first-order chi connectivity index (χ1) is 12.1. The van der Waals surface area contributed by atoms with E-state index in [2.05, 4.69) is 5.32 Å². The standard InChI is InChI=1S/C20H17ClFNO2/c1-25-19-10-9-13-5-2-3-6-14(13)16(19)12-23-20(24)11-15-17(21)7-4-8-18(15)22/h2-10H,11-12H2,1H3,(H,23,24). The lowest BCUT2D eigenvalue weighted by atomic mass is 10.0. The molecule has 0 aliphatic heterocycles.